The molecule has 1 aromatic rings. The number of hydrogen-bond donors (Lipinski definition) is 0. The first-order chi connectivity index (χ1) is 13.3. The zero-order valence-corrected chi connectivity index (χ0v) is 17.1. The van der Waals surface area contributed by atoms with Gasteiger partial charge in [0.15, 0.2) is 5.50 Å². The van der Waals surface area contributed by atoms with Crippen LogP contribution in [0.15, 0.2) is 23.2 Å². The van der Waals surface area contributed by atoms with Crippen LogP contribution in [0, 0.1) is 17.3 Å². The van der Waals surface area contributed by atoms with Gasteiger partial charge in [0.1, 0.15) is 6.10 Å². The number of rotatable bonds is 4. The highest BCUT2D eigenvalue weighted by molar-refractivity contribution is 8.03. The molecule has 3 atom stereocenters. The minimum atomic E-state index is -0.941. The Morgan fingerprint density at radius 2 is 2.04 bits per heavy atom. The van der Waals surface area contributed by atoms with Crippen molar-refractivity contribution in [3.05, 3.63) is 35.1 Å². The van der Waals surface area contributed by atoms with E-state index in [1.165, 1.54) is 16.7 Å². The van der Waals surface area contributed by atoms with Crippen LogP contribution in [0.4, 0.5) is 14.5 Å². The van der Waals surface area contributed by atoms with Gasteiger partial charge in [0.05, 0.1) is 5.69 Å². The van der Waals surface area contributed by atoms with Crippen LogP contribution in [0.3, 0.4) is 0 Å². The summed E-state index contributed by atoms with van der Waals surface area (Å²) in [5.74, 6) is -2.14. The number of hydrogen-bond acceptors (Lipinski definition) is 5. The number of carbonyl (C=O) groups excluding carboxylic acids is 1. The minimum Gasteiger partial charge on any atom is -0.368 e. The molecule has 5 nitrogen and oxygen atoms in total. The molecule has 0 N–H and O–H groups in total. The van der Waals surface area contributed by atoms with Crippen molar-refractivity contribution < 1.29 is 18.3 Å². The van der Waals surface area contributed by atoms with Crippen LogP contribution < -0.4 is 4.90 Å². The lowest BCUT2D eigenvalue weighted by Gasteiger charge is -2.52. The number of ether oxygens (including phenoxy) is 1. The van der Waals surface area contributed by atoms with Crippen molar-refractivity contribution in [1.29, 1.82) is 0 Å². The Bertz CT molecular complexity index is 790. The van der Waals surface area contributed by atoms with E-state index in [9.17, 15) is 13.6 Å². The predicted molar refractivity (Wildman–Crippen MR) is 104 cm³/mol. The summed E-state index contributed by atoms with van der Waals surface area (Å²) >= 11 is 1.52. The topological polar surface area (TPSA) is 45.7 Å². The molecule has 152 valence electrons. The molecular weight excluding hydrogens is 384 g/mol. The van der Waals surface area contributed by atoms with Crippen LogP contribution >= 0.6 is 11.8 Å². The predicted octanol–water partition coefficient (Wildman–Crippen LogP) is 4.25. The Kier molecular flexibility index (Phi) is 5.12. The van der Waals surface area contributed by atoms with Gasteiger partial charge < -0.3 is 9.64 Å². The van der Waals surface area contributed by atoms with Crippen LogP contribution in [0.2, 0.25) is 0 Å². The van der Waals surface area contributed by atoms with Gasteiger partial charge in [-0.15, -0.1) is 0 Å². The fourth-order valence-electron chi connectivity index (χ4n) is 4.25. The van der Waals surface area contributed by atoms with Gasteiger partial charge in [-0.1, -0.05) is 25.6 Å². The fraction of sp³-hybridized carbons (Fsp3) is 0.600. The van der Waals surface area contributed by atoms with E-state index in [1.807, 2.05) is 6.92 Å². The molecule has 1 aromatic heterocycles. The Balaban J connectivity index is 1.72. The molecular formula is C20H25F2N3O2S. The number of thioether (sulfide) groups is 1. The van der Waals surface area contributed by atoms with Crippen molar-refractivity contribution in [2.24, 2.45) is 5.41 Å². The lowest BCUT2D eigenvalue weighted by Crippen LogP contribution is -2.58. The van der Waals surface area contributed by atoms with E-state index in [1.54, 1.807) is 0 Å². The number of aromatic nitrogens is 1. The molecule has 1 saturated carbocycles. The van der Waals surface area contributed by atoms with E-state index in [-0.39, 0.29) is 23.1 Å². The number of allylic oxidation sites excluding steroid dienone is 1. The number of amides is 1. The van der Waals surface area contributed by atoms with Gasteiger partial charge in [0.2, 0.25) is 11.9 Å². The number of anilines is 1. The number of pyridine rings is 1. The first-order valence-corrected chi connectivity index (χ1v) is 10.5. The van der Waals surface area contributed by atoms with Crippen LogP contribution in [0.25, 0.3) is 0 Å². The first kappa shape index (κ1) is 19.6. The molecule has 0 aromatic carbocycles. The number of nitrogens with zero attached hydrogens (tertiary/aromatic N) is 3. The molecule has 3 aliphatic rings. The SMILES string of the molecule is CC1=CN(C2CCC2(C)C)C(N(C(=O)C2CCCO2)c2cc(F)nc(F)c2)S1. The molecule has 1 saturated heterocycles. The van der Waals surface area contributed by atoms with Crippen molar-refractivity contribution in [1.82, 2.24) is 9.88 Å². The van der Waals surface area contributed by atoms with Gasteiger partial charge in [-0.2, -0.15) is 13.8 Å². The van der Waals surface area contributed by atoms with Gasteiger partial charge in [-0.05, 0) is 38.0 Å². The molecule has 0 bridgehead atoms. The van der Waals surface area contributed by atoms with E-state index in [0.717, 1.165) is 36.3 Å². The Hall–Kier alpha value is -1.67. The van der Waals surface area contributed by atoms with Gasteiger partial charge in [-0.25, -0.2) is 0 Å². The van der Waals surface area contributed by atoms with E-state index < -0.39 is 23.5 Å². The summed E-state index contributed by atoms with van der Waals surface area (Å²) in [5.41, 5.74) is -0.108. The van der Waals surface area contributed by atoms with Crippen LogP contribution in [0.1, 0.15) is 46.5 Å². The molecule has 0 spiro atoms. The van der Waals surface area contributed by atoms with Gasteiger partial charge >= 0.3 is 0 Å². The third-order valence-corrected chi connectivity index (χ3v) is 7.03. The van der Waals surface area contributed by atoms with E-state index in [4.69, 9.17) is 4.74 Å². The molecule has 8 heteroatoms. The maximum atomic E-state index is 13.9. The quantitative estimate of drug-likeness (QED) is 0.696. The second-order valence-corrected chi connectivity index (χ2v) is 9.66. The van der Waals surface area contributed by atoms with E-state index in [0.29, 0.717) is 13.0 Å². The maximum Gasteiger partial charge on any atom is 0.258 e. The summed E-state index contributed by atoms with van der Waals surface area (Å²) in [6, 6.07) is 2.50. The van der Waals surface area contributed by atoms with Crippen molar-refractivity contribution in [3.63, 3.8) is 0 Å². The molecule has 4 rings (SSSR count). The third-order valence-electron chi connectivity index (χ3n) is 5.89. The second kappa shape index (κ2) is 7.30. The summed E-state index contributed by atoms with van der Waals surface area (Å²) in [5, 5.41) is 0. The standard InChI is InChI=1S/C20H25F2N3O2S/c1-12-11-24(15-6-7-20(15,2)3)19(28-12)25(18(26)14-5-4-8-27-14)13-9-16(21)23-17(22)10-13/h9-11,14-15,19H,4-8H2,1-3H3. The Labute approximate surface area is 168 Å². The van der Waals surface area contributed by atoms with Crippen molar-refractivity contribution in [3.8, 4) is 0 Å². The highest BCUT2D eigenvalue weighted by atomic mass is 32.2. The average molecular weight is 410 g/mol. The molecule has 3 heterocycles. The van der Waals surface area contributed by atoms with E-state index in [2.05, 4.69) is 29.9 Å². The first-order valence-electron chi connectivity index (χ1n) is 9.66. The summed E-state index contributed by atoms with van der Waals surface area (Å²) in [4.78, 5) is 21.3. The maximum absolute atomic E-state index is 13.9. The van der Waals surface area contributed by atoms with Crippen LogP contribution in [-0.2, 0) is 9.53 Å². The Morgan fingerprint density at radius 3 is 2.57 bits per heavy atom. The van der Waals surface area contributed by atoms with Crippen molar-refractivity contribution in [2.75, 3.05) is 11.5 Å². The monoisotopic (exact) mass is 409 g/mol. The number of carbonyl (C=O) groups is 1. The summed E-state index contributed by atoms with van der Waals surface area (Å²) < 4.78 is 33.4. The summed E-state index contributed by atoms with van der Waals surface area (Å²) in [7, 11) is 0. The van der Waals surface area contributed by atoms with Crippen LogP contribution in [-0.4, -0.2) is 40.0 Å². The zero-order chi connectivity index (χ0) is 20.1. The fourth-order valence-corrected chi connectivity index (χ4v) is 5.42. The van der Waals surface area contributed by atoms with Crippen molar-refractivity contribution in [2.45, 2.75) is 64.1 Å². The molecule has 1 aliphatic carbocycles. The third kappa shape index (κ3) is 3.52. The Morgan fingerprint density at radius 1 is 1.32 bits per heavy atom. The largest absolute Gasteiger partial charge is 0.368 e. The normalized spacial score (nSPS) is 28.8. The molecule has 0 radical (unpaired) electrons. The summed E-state index contributed by atoms with van der Waals surface area (Å²) in [6.45, 7) is 6.94. The molecule has 28 heavy (non-hydrogen) atoms. The van der Waals surface area contributed by atoms with Crippen LogP contribution in [0.5, 0.6) is 0 Å². The number of halogens is 2. The van der Waals surface area contributed by atoms with Gasteiger partial charge in [0, 0.05) is 35.9 Å². The van der Waals surface area contributed by atoms with Gasteiger partial charge in [0.25, 0.3) is 5.91 Å². The average Bonchev–Trinajstić information content (AvgIpc) is 3.24. The lowest BCUT2D eigenvalue weighted by atomic mass is 9.66. The van der Waals surface area contributed by atoms with Crippen molar-refractivity contribution >= 4 is 23.4 Å². The molecule has 3 unspecified atom stereocenters. The van der Waals surface area contributed by atoms with Gasteiger partial charge in [-0.3, -0.25) is 9.69 Å². The lowest BCUT2D eigenvalue weighted by molar-refractivity contribution is -0.128. The minimum absolute atomic E-state index is 0.118. The second-order valence-electron chi connectivity index (χ2n) is 8.35. The zero-order valence-electron chi connectivity index (χ0n) is 16.3. The van der Waals surface area contributed by atoms with E-state index >= 15 is 0 Å². The highest BCUT2D eigenvalue weighted by Crippen LogP contribution is 2.49. The smallest absolute Gasteiger partial charge is 0.258 e. The highest BCUT2D eigenvalue weighted by Gasteiger charge is 2.48. The molecule has 2 aliphatic heterocycles. The molecule has 2 fully saturated rings. The molecule has 1 amide bonds. The summed E-state index contributed by atoms with van der Waals surface area (Å²) in [6.07, 6.45) is 5.02.